The van der Waals surface area contributed by atoms with Gasteiger partial charge in [0, 0.05) is 18.6 Å². The van der Waals surface area contributed by atoms with Gasteiger partial charge < -0.3 is 15.7 Å². The van der Waals surface area contributed by atoms with E-state index in [1.54, 1.807) is 11.8 Å². The summed E-state index contributed by atoms with van der Waals surface area (Å²) < 4.78 is 0. The molecule has 18 heavy (non-hydrogen) atoms. The molecule has 0 heterocycles. The van der Waals surface area contributed by atoms with E-state index >= 15 is 0 Å². The minimum absolute atomic E-state index is 0.0124. The number of carboxylic acids is 1. The highest BCUT2D eigenvalue weighted by atomic mass is 16.4. The molecule has 1 aliphatic rings. The van der Waals surface area contributed by atoms with Gasteiger partial charge in [-0.15, -0.1) is 0 Å². The number of carbonyl (C=O) groups is 2. The van der Waals surface area contributed by atoms with Crippen LogP contribution < -0.4 is 5.73 Å². The molecule has 3 N–H and O–H groups in total. The summed E-state index contributed by atoms with van der Waals surface area (Å²) in [6, 6.07) is -0.341. The standard InChI is InChI=1S/C13H24N2O3/c1-3-15(9(2)8-12(16)17)13(18)10-6-4-5-7-11(10)14/h9-11H,3-8,14H2,1-2H3,(H,16,17). The average molecular weight is 256 g/mol. The summed E-state index contributed by atoms with van der Waals surface area (Å²) in [7, 11) is 0. The summed E-state index contributed by atoms with van der Waals surface area (Å²) in [6.45, 7) is 4.20. The summed E-state index contributed by atoms with van der Waals surface area (Å²) in [5.74, 6) is -0.977. The van der Waals surface area contributed by atoms with Crippen LogP contribution in [0.25, 0.3) is 0 Å². The minimum Gasteiger partial charge on any atom is -0.481 e. The Balaban J connectivity index is 2.68. The van der Waals surface area contributed by atoms with Gasteiger partial charge in [0.15, 0.2) is 0 Å². The Morgan fingerprint density at radius 1 is 1.39 bits per heavy atom. The van der Waals surface area contributed by atoms with Gasteiger partial charge >= 0.3 is 5.97 Å². The topological polar surface area (TPSA) is 83.6 Å². The second-order valence-electron chi connectivity index (χ2n) is 5.13. The molecule has 0 aromatic carbocycles. The zero-order valence-electron chi connectivity index (χ0n) is 11.3. The van der Waals surface area contributed by atoms with Gasteiger partial charge in [-0.25, -0.2) is 0 Å². The molecule has 5 nitrogen and oxygen atoms in total. The van der Waals surface area contributed by atoms with Crippen molar-refractivity contribution in [3.8, 4) is 0 Å². The third-order valence-electron chi connectivity index (χ3n) is 3.76. The first-order valence-corrected chi connectivity index (χ1v) is 6.75. The van der Waals surface area contributed by atoms with E-state index in [0.717, 1.165) is 25.7 Å². The molecular weight excluding hydrogens is 232 g/mol. The number of hydrogen-bond acceptors (Lipinski definition) is 3. The van der Waals surface area contributed by atoms with E-state index in [0.29, 0.717) is 6.54 Å². The lowest BCUT2D eigenvalue weighted by Crippen LogP contribution is -2.49. The molecule has 0 saturated heterocycles. The normalized spacial score (nSPS) is 25.5. The quantitative estimate of drug-likeness (QED) is 0.774. The fourth-order valence-electron chi connectivity index (χ4n) is 2.73. The Morgan fingerprint density at radius 3 is 2.50 bits per heavy atom. The van der Waals surface area contributed by atoms with Crippen LogP contribution in [0.15, 0.2) is 0 Å². The second-order valence-corrected chi connectivity index (χ2v) is 5.13. The molecule has 0 radical (unpaired) electrons. The molecule has 0 spiro atoms. The molecule has 5 heteroatoms. The first kappa shape index (κ1) is 15.0. The lowest BCUT2D eigenvalue weighted by atomic mass is 9.84. The van der Waals surface area contributed by atoms with Crippen LogP contribution in [-0.4, -0.2) is 40.5 Å². The molecule has 1 aliphatic carbocycles. The van der Waals surface area contributed by atoms with Gasteiger partial charge in [-0.1, -0.05) is 12.8 Å². The van der Waals surface area contributed by atoms with Crippen LogP contribution in [0.3, 0.4) is 0 Å². The van der Waals surface area contributed by atoms with Gasteiger partial charge in [-0.05, 0) is 26.7 Å². The molecule has 3 unspecified atom stereocenters. The van der Waals surface area contributed by atoms with Crippen LogP contribution >= 0.6 is 0 Å². The number of aliphatic carboxylic acids is 1. The number of hydrogen-bond donors (Lipinski definition) is 2. The van der Waals surface area contributed by atoms with Crippen LogP contribution in [0.2, 0.25) is 0 Å². The van der Waals surface area contributed by atoms with E-state index in [2.05, 4.69) is 0 Å². The predicted octanol–water partition coefficient (Wildman–Crippen LogP) is 1.22. The Kier molecular flexibility index (Phi) is 5.59. The van der Waals surface area contributed by atoms with Crippen molar-refractivity contribution < 1.29 is 14.7 Å². The van der Waals surface area contributed by atoms with Crippen LogP contribution in [0.5, 0.6) is 0 Å². The summed E-state index contributed by atoms with van der Waals surface area (Å²) in [5, 5.41) is 8.81. The van der Waals surface area contributed by atoms with Crippen LogP contribution in [0, 0.1) is 5.92 Å². The number of nitrogens with two attached hydrogens (primary N) is 1. The van der Waals surface area contributed by atoms with Gasteiger partial charge in [-0.2, -0.15) is 0 Å². The van der Waals surface area contributed by atoms with Gasteiger partial charge in [0.05, 0.1) is 12.3 Å². The van der Waals surface area contributed by atoms with Crippen molar-refractivity contribution in [2.75, 3.05) is 6.54 Å². The number of rotatable bonds is 5. The first-order valence-electron chi connectivity index (χ1n) is 6.75. The average Bonchev–Trinajstić information content (AvgIpc) is 2.29. The molecule has 1 amide bonds. The summed E-state index contributed by atoms with van der Waals surface area (Å²) in [5.41, 5.74) is 6.01. The highest BCUT2D eigenvalue weighted by Gasteiger charge is 2.33. The van der Waals surface area contributed by atoms with Crippen molar-refractivity contribution >= 4 is 11.9 Å². The first-order chi connectivity index (χ1) is 8.47. The molecule has 1 rings (SSSR count). The zero-order chi connectivity index (χ0) is 13.7. The summed E-state index contributed by atoms with van der Waals surface area (Å²) in [4.78, 5) is 24.8. The fraction of sp³-hybridized carbons (Fsp3) is 0.846. The van der Waals surface area contributed by atoms with Crippen molar-refractivity contribution in [2.45, 2.75) is 58.0 Å². The maximum Gasteiger partial charge on any atom is 0.305 e. The van der Waals surface area contributed by atoms with E-state index in [9.17, 15) is 9.59 Å². The number of carboxylic acid groups (broad SMARTS) is 1. The van der Waals surface area contributed by atoms with Crippen LogP contribution in [-0.2, 0) is 9.59 Å². The molecule has 0 aromatic heterocycles. The molecule has 0 aromatic rings. The molecule has 0 aliphatic heterocycles. The SMILES string of the molecule is CCN(C(=O)C1CCCCC1N)C(C)CC(=O)O. The smallest absolute Gasteiger partial charge is 0.305 e. The third kappa shape index (κ3) is 3.70. The maximum atomic E-state index is 12.4. The fourth-order valence-corrected chi connectivity index (χ4v) is 2.73. The number of carbonyl (C=O) groups excluding carboxylic acids is 1. The minimum atomic E-state index is -0.873. The highest BCUT2D eigenvalue weighted by molar-refractivity contribution is 5.80. The highest BCUT2D eigenvalue weighted by Crippen LogP contribution is 2.25. The zero-order valence-corrected chi connectivity index (χ0v) is 11.3. The largest absolute Gasteiger partial charge is 0.481 e. The maximum absolute atomic E-state index is 12.4. The molecule has 1 fully saturated rings. The van der Waals surface area contributed by atoms with Gasteiger partial charge in [0.1, 0.15) is 0 Å². The molecular formula is C13H24N2O3. The summed E-state index contributed by atoms with van der Waals surface area (Å²) >= 11 is 0. The van der Waals surface area contributed by atoms with E-state index in [4.69, 9.17) is 10.8 Å². The number of amides is 1. The van der Waals surface area contributed by atoms with Crippen LogP contribution in [0.1, 0.15) is 46.0 Å². The lowest BCUT2D eigenvalue weighted by Gasteiger charge is -2.35. The van der Waals surface area contributed by atoms with Crippen LogP contribution in [0.4, 0.5) is 0 Å². The van der Waals surface area contributed by atoms with Crippen molar-refractivity contribution in [3.05, 3.63) is 0 Å². The molecule has 3 atom stereocenters. The van der Waals surface area contributed by atoms with E-state index in [1.807, 2.05) is 6.92 Å². The third-order valence-corrected chi connectivity index (χ3v) is 3.76. The predicted molar refractivity (Wildman–Crippen MR) is 69.0 cm³/mol. The van der Waals surface area contributed by atoms with Gasteiger partial charge in [0.25, 0.3) is 0 Å². The van der Waals surface area contributed by atoms with Crippen molar-refractivity contribution in [1.29, 1.82) is 0 Å². The Labute approximate surface area is 108 Å². The van der Waals surface area contributed by atoms with E-state index in [-0.39, 0.29) is 30.3 Å². The Bertz CT molecular complexity index is 307. The summed E-state index contributed by atoms with van der Waals surface area (Å²) in [6.07, 6.45) is 3.83. The molecule has 0 bridgehead atoms. The van der Waals surface area contributed by atoms with E-state index < -0.39 is 5.97 Å². The Morgan fingerprint density at radius 2 is 2.00 bits per heavy atom. The molecule has 104 valence electrons. The van der Waals surface area contributed by atoms with Crippen molar-refractivity contribution in [2.24, 2.45) is 11.7 Å². The van der Waals surface area contributed by atoms with E-state index in [1.165, 1.54) is 0 Å². The van der Waals surface area contributed by atoms with Gasteiger partial charge in [-0.3, -0.25) is 9.59 Å². The van der Waals surface area contributed by atoms with Crippen molar-refractivity contribution in [3.63, 3.8) is 0 Å². The second kappa shape index (κ2) is 6.73. The number of nitrogens with zero attached hydrogens (tertiary/aromatic N) is 1. The molecule has 1 saturated carbocycles. The van der Waals surface area contributed by atoms with Crippen molar-refractivity contribution in [1.82, 2.24) is 4.90 Å². The van der Waals surface area contributed by atoms with Gasteiger partial charge in [0.2, 0.25) is 5.91 Å². The monoisotopic (exact) mass is 256 g/mol. The lowest BCUT2D eigenvalue weighted by molar-refractivity contribution is -0.142. The Hall–Kier alpha value is -1.10.